The van der Waals surface area contributed by atoms with Crippen LogP contribution in [0.1, 0.15) is 20.3 Å². The summed E-state index contributed by atoms with van der Waals surface area (Å²) in [5.74, 6) is -0.501. The lowest BCUT2D eigenvalue weighted by atomic mass is 9.81. The first-order chi connectivity index (χ1) is 11.1. The lowest BCUT2D eigenvalue weighted by Gasteiger charge is -2.35. The van der Waals surface area contributed by atoms with E-state index in [1.54, 1.807) is 0 Å². The van der Waals surface area contributed by atoms with Gasteiger partial charge in [0.1, 0.15) is 11.3 Å². The van der Waals surface area contributed by atoms with Gasteiger partial charge in [0.15, 0.2) is 0 Å². The van der Waals surface area contributed by atoms with Gasteiger partial charge in [0.25, 0.3) is 0 Å². The zero-order valence-electron chi connectivity index (χ0n) is 13.7. The Hall–Kier alpha value is -1.88. The van der Waals surface area contributed by atoms with Crippen molar-refractivity contribution in [2.45, 2.75) is 25.8 Å². The predicted octanol–water partition coefficient (Wildman–Crippen LogP) is 2.27. The lowest BCUT2D eigenvalue weighted by molar-refractivity contribution is -0.129. The molecular weight excluding hydrogens is 292 g/mol. The van der Waals surface area contributed by atoms with Crippen molar-refractivity contribution in [3.05, 3.63) is 36.1 Å². The van der Waals surface area contributed by atoms with E-state index in [9.17, 15) is 9.90 Å². The Morgan fingerprint density at radius 3 is 2.70 bits per heavy atom. The maximum atomic E-state index is 11.2. The van der Waals surface area contributed by atoms with Crippen molar-refractivity contribution < 1.29 is 14.6 Å². The largest absolute Gasteiger partial charge is 0.477 e. The Labute approximate surface area is 137 Å². The fraction of sp³-hybridized carbons (Fsp3) is 0.556. The van der Waals surface area contributed by atoms with E-state index >= 15 is 0 Å². The smallest absolute Gasteiger partial charge is 0.352 e. The molecule has 5 nitrogen and oxygen atoms in total. The van der Waals surface area contributed by atoms with Gasteiger partial charge in [-0.1, -0.05) is 30.4 Å². The van der Waals surface area contributed by atoms with E-state index in [0.29, 0.717) is 5.71 Å². The van der Waals surface area contributed by atoms with Crippen molar-refractivity contribution in [2.75, 3.05) is 26.3 Å². The van der Waals surface area contributed by atoms with E-state index in [1.807, 2.05) is 13.0 Å². The molecule has 1 N–H and O–H groups in total. The first kappa shape index (κ1) is 16.0. The number of ether oxygens (including phenoxy) is 1. The van der Waals surface area contributed by atoms with E-state index < -0.39 is 11.5 Å². The van der Waals surface area contributed by atoms with E-state index in [4.69, 9.17) is 4.74 Å². The minimum atomic E-state index is -0.894. The van der Waals surface area contributed by atoms with Crippen molar-refractivity contribution in [2.24, 2.45) is 16.8 Å². The second-order valence-electron chi connectivity index (χ2n) is 6.44. The molecule has 0 amide bonds. The maximum Gasteiger partial charge on any atom is 0.352 e. The quantitative estimate of drug-likeness (QED) is 0.864. The summed E-state index contributed by atoms with van der Waals surface area (Å²) < 4.78 is 5.45. The summed E-state index contributed by atoms with van der Waals surface area (Å²) in [4.78, 5) is 17.9. The molecule has 3 rings (SSSR count). The average molecular weight is 316 g/mol. The highest BCUT2D eigenvalue weighted by Gasteiger charge is 2.52. The monoisotopic (exact) mass is 316 g/mol. The highest BCUT2D eigenvalue weighted by molar-refractivity contribution is 6.45. The summed E-state index contributed by atoms with van der Waals surface area (Å²) in [6, 6.07) is 0. The highest BCUT2D eigenvalue weighted by atomic mass is 16.5. The van der Waals surface area contributed by atoms with Gasteiger partial charge < -0.3 is 14.7 Å². The lowest BCUT2D eigenvalue weighted by Crippen LogP contribution is -2.38. The summed E-state index contributed by atoms with van der Waals surface area (Å²) in [5, 5.41) is 9.21. The molecule has 0 bridgehead atoms. The minimum Gasteiger partial charge on any atom is -0.477 e. The predicted molar refractivity (Wildman–Crippen MR) is 89.5 cm³/mol. The number of carbonyl (C=O) groups is 1. The molecule has 0 aromatic rings. The van der Waals surface area contributed by atoms with Crippen LogP contribution in [0.25, 0.3) is 0 Å². The van der Waals surface area contributed by atoms with Gasteiger partial charge in [-0.15, -0.1) is 0 Å². The van der Waals surface area contributed by atoms with Crippen LogP contribution in [0.2, 0.25) is 0 Å². The van der Waals surface area contributed by atoms with Gasteiger partial charge >= 0.3 is 5.97 Å². The molecule has 2 heterocycles. The first-order valence-corrected chi connectivity index (χ1v) is 8.23. The van der Waals surface area contributed by atoms with Crippen LogP contribution in [0.4, 0.5) is 0 Å². The van der Waals surface area contributed by atoms with Crippen molar-refractivity contribution in [1.29, 1.82) is 0 Å². The van der Waals surface area contributed by atoms with Crippen LogP contribution in [0.3, 0.4) is 0 Å². The maximum absolute atomic E-state index is 11.2. The summed E-state index contributed by atoms with van der Waals surface area (Å²) in [6.45, 7) is 7.35. The molecule has 23 heavy (non-hydrogen) atoms. The number of rotatable bonds is 4. The van der Waals surface area contributed by atoms with Gasteiger partial charge in [-0.05, 0) is 20.3 Å². The molecule has 1 aliphatic carbocycles. The molecule has 1 saturated heterocycles. The Kier molecular flexibility index (Phi) is 4.39. The van der Waals surface area contributed by atoms with E-state index in [2.05, 4.69) is 41.1 Å². The molecule has 0 radical (unpaired) electrons. The van der Waals surface area contributed by atoms with Gasteiger partial charge in [-0.25, -0.2) is 4.79 Å². The van der Waals surface area contributed by atoms with Crippen LogP contribution in [-0.2, 0) is 9.53 Å². The van der Waals surface area contributed by atoms with Crippen molar-refractivity contribution >= 4 is 11.7 Å². The van der Waals surface area contributed by atoms with Gasteiger partial charge in [0.05, 0.1) is 13.2 Å². The fourth-order valence-corrected chi connectivity index (χ4v) is 3.64. The van der Waals surface area contributed by atoms with Crippen LogP contribution >= 0.6 is 0 Å². The average Bonchev–Trinajstić information content (AvgIpc) is 3.29. The molecule has 5 heteroatoms. The molecular formula is C18H24N2O3. The second kappa shape index (κ2) is 6.32. The van der Waals surface area contributed by atoms with Gasteiger partial charge in [0, 0.05) is 30.6 Å². The van der Waals surface area contributed by atoms with Crippen molar-refractivity contribution in [3.8, 4) is 0 Å². The molecule has 0 spiro atoms. The molecule has 0 aromatic carbocycles. The van der Waals surface area contributed by atoms with Gasteiger partial charge in [-0.3, -0.25) is 4.99 Å². The van der Waals surface area contributed by atoms with E-state index in [1.165, 1.54) is 5.70 Å². The number of morpholine rings is 1. The third-order valence-corrected chi connectivity index (χ3v) is 5.06. The topological polar surface area (TPSA) is 62.1 Å². The number of aliphatic imine (C=N–C) groups is 1. The number of carboxylic acid groups (broad SMARTS) is 1. The summed E-state index contributed by atoms with van der Waals surface area (Å²) in [7, 11) is 0. The molecule has 1 fully saturated rings. The summed E-state index contributed by atoms with van der Waals surface area (Å²) in [5.41, 5.74) is 1.07. The van der Waals surface area contributed by atoms with Crippen LogP contribution in [0.15, 0.2) is 41.1 Å². The number of carboxylic acids is 1. The zero-order chi connectivity index (χ0) is 16.4. The van der Waals surface area contributed by atoms with Crippen molar-refractivity contribution in [3.63, 3.8) is 0 Å². The normalized spacial score (nSPS) is 34.1. The first-order valence-electron chi connectivity index (χ1n) is 8.23. The van der Waals surface area contributed by atoms with E-state index in [0.717, 1.165) is 32.7 Å². The number of nitrogens with zero attached hydrogens (tertiary/aromatic N) is 2. The Bertz CT molecular complexity index is 599. The molecule has 124 valence electrons. The molecule has 3 aliphatic rings. The van der Waals surface area contributed by atoms with Crippen molar-refractivity contribution in [1.82, 2.24) is 4.90 Å². The number of aliphatic carboxylic acids is 1. The van der Waals surface area contributed by atoms with Gasteiger partial charge in [-0.2, -0.15) is 0 Å². The van der Waals surface area contributed by atoms with E-state index in [-0.39, 0.29) is 11.8 Å². The Balaban J connectivity index is 1.74. The number of hydrogen-bond donors (Lipinski definition) is 1. The van der Waals surface area contributed by atoms with Crippen LogP contribution in [0, 0.1) is 11.8 Å². The van der Waals surface area contributed by atoms with Crippen LogP contribution in [0.5, 0.6) is 0 Å². The zero-order valence-corrected chi connectivity index (χ0v) is 13.7. The Morgan fingerprint density at radius 1 is 1.39 bits per heavy atom. The molecule has 0 saturated carbocycles. The fourth-order valence-electron chi connectivity index (χ4n) is 3.64. The molecule has 2 aliphatic heterocycles. The highest BCUT2D eigenvalue weighted by Crippen LogP contribution is 2.42. The second-order valence-corrected chi connectivity index (χ2v) is 6.44. The SMILES string of the molecule is CC=C(C1C=CC=CC(C2(C)N=C2C(=O)O)C1)N1CCOCC1. The standard InChI is InChI=1S/C18H24N2O3/c1-3-15(20-8-10-23-11-9-20)13-6-4-5-7-14(12-13)18(2)16(19-18)17(21)22/h3-7,13-14H,8-12H2,1-2H3,(H,21,22). The number of allylic oxidation sites excluding steroid dienone is 4. The third-order valence-electron chi connectivity index (χ3n) is 5.06. The van der Waals surface area contributed by atoms with Gasteiger partial charge in [0.2, 0.25) is 0 Å². The minimum absolute atomic E-state index is 0.115. The summed E-state index contributed by atoms with van der Waals surface area (Å²) in [6.07, 6.45) is 11.5. The molecule has 3 unspecified atom stereocenters. The molecule has 3 atom stereocenters. The van der Waals surface area contributed by atoms with Crippen LogP contribution < -0.4 is 0 Å². The molecule has 0 aromatic heterocycles. The van der Waals surface area contributed by atoms with Crippen LogP contribution in [-0.4, -0.2) is 53.5 Å². The summed E-state index contributed by atoms with van der Waals surface area (Å²) >= 11 is 0. The Morgan fingerprint density at radius 2 is 2.09 bits per heavy atom. The third kappa shape index (κ3) is 3.11. The number of hydrogen-bond acceptors (Lipinski definition) is 4.